The lowest BCUT2D eigenvalue weighted by molar-refractivity contribution is 0.204. The van der Waals surface area contributed by atoms with Gasteiger partial charge in [-0.2, -0.15) is 5.10 Å². The van der Waals surface area contributed by atoms with Crippen LogP contribution in [0.15, 0.2) is 42.9 Å². The zero-order valence-electron chi connectivity index (χ0n) is 14.7. The summed E-state index contributed by atoms with van der Waals surface area (Å²) in [6.07, 6.45) is 5.01. The molecular formula is C19H21FN6. The molecule has 0 aliphatic carbocycles. The van der Waals surface area contributed by atoms with Crippen molar-refractivity contribution in [2.75, 3.05) is 11.9 Å². The van der Waals surface area contributed by atoms with E-state index in [0.29, 0.717) is 6.54 Å². The third-order valence-corrected chi connectivity index (χ3v) is 4.64. The SMILES string of the molecule is Cc1cc(F)ccc1CN1CCn2nc(CNc3cnccn3)cc2C1. The van der Waals surface area contributed by atoms with Gasteiger partial charge in [-0.3, -0.25) is 14.6 Å². The number of fused-ring (bicyclic) bond motifs is 1. The summed E-state index contributed by atoms with van der Waals surface area (Å²) < 4.78 is 15.4. The van der Waals surface area contributed by atoms with Gasteiger partial charge in [0.1, 0.15) is 11.6 Å². The molecule has 3 heterocycles. The van der Waals surface area contributed by atoms with Crippen LogP contribution in [0.5, 0.6) is 0 Å². The van der Waals surface area contributed by atoms with Gasteiger partial charge in [-0.15, -0.1) is 0 Å². The zero-order valence-corrected chi connectivity index (χ0v) is 14.7. The fourth-order valence-corrected chi connectivity index (χ4v) is 3.25. The average Bonchev–Trinajstić information content (AvgIpc) is 3.05. The first-order valence-corrected chi connectivity index (χ1v) is 8.70. The van der Waals surface area contributed by atoms with Gasteiger partial charge in [0, 0.05) is 32.0 Å². The molecular weight excluding hydrogens is 331 g/mol. The fourth-order valence-electron chi connectivity index (χ4n) is 3.25. The maximum absolute atomic E-state index is 13.3. The second-order valence-corrected chi connectivity index (χ2v) is 6.58. The van der Waals surface area contributed by atoms with Gasteiger partial charge < -0.3 is 5.32 Å². The Morgan fingerprint density at radius 3 is 2.92 bits per heavy atom. The highest BCUT2D eigenvalue weighted by atomic mass is 19.1. The average molecular weight is 352 g/mol. The lowest BCUT2D eigenvalue weighted by Gasteiger charge is -2.28. The van der Waals surface area contributed by atoms with Crippen molar-refractivity contribution in [3.63, 3.8) is 0 Å². The van der Waals surface area contributed by atoms with E-state index in [1.165, 1.54) is 17.3 Å². The predicted octanol–water partition coefficient (Wildman–Crippen LogP) is 2.75. The van der Waals surface area contributed by atoms with Crippen LogP contribution in [0.2, 0.25) is 0 Å². The first-order chi connectivity index (χ1) is 12.7. The smallest absolute Gasteiger partial charge is 0.144 e. The Balaban J connectivity index is 1.40. The predicted molar refractivity (Wildman–Crippen MR) is 96.8 cm³/mol. The topological polar surface area (TPSA) is 58.9 Å². The van der Waals surface area contributed by atoms with Gasteiger partial charge in [0.25, 0.3) is 0 Å². The minimum absolute atomic E-state index is 0.178. The third kappa shape index (κ3) is 3.72. The van der Waals surface area contributed by atoms with Gasteiger partial charge in [-0.25, -0.2) is 9.37 Å². The number of anilines is 1. The molecule has 7 heteroatoms. The molecule has 0 bridgehead atoms. The Labute approximate surface area is 151 Å². The molecule has 1 aliphatic heterocycles. The van der Waals surface area contributed by atoms with Crippen LogP contribution in [0.1, 0.15) is 22.5 Å². The van der Waals surface area contributed by atoms with Crippen LogP contribution in [-0.2, 0) is 26.2 Å². The molecule has 4 rings (SSSR count). The number of hydrogen-bond donors (Lipinski definition) is 1. The van der Waals surface area contributed by atoms with E-state index in [0.717, 1.165) is 43.3 Å². The van der Waals surface area contributed by atoms with E-state index in [1.807, 2.05) is 13.0 Å². The van der Waals surface area contributed by atoms with Gasteiger partial charge >= 0.3 is 0 Å². The van der Waals surface area contributed by atoms with Crippen LogP contribution in [0.25, 0.3) is 0 Å². The lowest BCUT2D eigenvalue weighted by Crippen LogP contribution is -2.33. The monoisotopic (exact) mass is 352 g/mol. The maximum atomic E-state index is 13.3. The first-order valence-electron chi connectivity index (χ1n) is 8.70. The largest absolute Gasteiger partial charge is 0.363 e. The van der Waals surface area contributed by atoms with Gasteiger partial charge in [-0.05, 0) is 36.2 Å². The summed E-state index contributed by atoms with van der Waals surface area (Å²) in [6, 6.07) is 7.15. The maximum Gasteiger partial charge on any atom is 0.144 e. The molecule has 0 amide bonds. The molecule has 134 valence electrons. The van der Waals surface area contributed by atoms with Crippen molar-refractivity contribution in [2.45, 2.75) is 33.1 Å². The Kier molecular flexibility index (Phi) is 4.62. The first kappa shape index (κ1) is 16.7. The quantitative estimate of drug-likeness (QED) is 0.765. The molecule has 0 unspecified atom stereocenters. The second-order valence-electron chi connectivity index (χ2n) is 6.58. The highest BCUT2D eigenvalue weighted by molar-refractivity contribution is 5.31. The molecule has 0 fully saturated rings. The van der Waals surface area contributed by atoms with Crippen LogP contribution in [-0.4, -0.2) is 31.2 Å². The molecule has 3 aromatic rings. The van der Waals surface area contributed by atoms with Gasteiger partial charge in [0.05, 0.1) is 30.7 Å². The molecule has 0 spiro atoms. The molecule has 1 aromatic carbocycles. The Morgan fingerprint density at radius 2 is 2.12 bits per heavy atom. The van der Waals surface area contributed by atoms with Crippen LogP contribution in [0, 0.1) is 12.7 Å². The normalized spacial score (nSPS) is 14.2. The van der Waals surface area contributed by atoms with Gasteiger partial charge in [-0.1, -0.05) is 6.07 Å². The number of benzene rings is 1. The molecule has 0 saturated heterocycles. The number of nitrogens with zero attached hydrogens (tertiary/aromatic N) is 5. The highest BCUT2D eigenvalue weighted by Crippen LogP contribution is 2.19. The molecule has 2 aromatic heterocycles. The second kappa shape index (κ2) is 7.21. The number of aryl methyl sites for hydroxylation is 1. The van der Waals surface area contributed by atoms with Crippen molar-refractivity contribution in [2.24, 2.45) is 0 Å². The summed E-state index contributed by atoms with van der Waals surface area (Å²) in [5.74, 6) is 0.565. The molecule has 6 nitrogen and oxygen atoms in total. The molecule has 0 saturated carbocycles. The van der Waals surface area contributed by atoms with Crippen LogP contribution < -0.4 is 5.32 Å². The number of hydrogen-bond acceptors (Lipinski definition) is 5. The molecule has 1 aliphatic rings. The van der Waals surface area contributed by atoms with Gasteiger partial charge in [0.15, 0.2) is 0 Å². The van der Waals surface area contributed by atoms with Crippen molar-refractivity contribution < 1.29 is 4.39 Å². The summed E-state index contributed by atoms with van der Waals surface area (Å²) >= 11 is 0. The van der Waals surface area contributed by atoms with E-state index in [1.54, 1.807) is 24.7 Å². The van der Waals surface area contributed by atoms with E-state index >= 15 is 0 Å². The zero-order chi connectivity index (χ0) is 17.9. The van der Waals surface area contributed by atoms with Crippen molar-refractivity contribution in [1.29, 1.82) is 0 Å². The number of nitrogens with one attached hydrogen (secondary N) is 1. The Morgan fingerprint density at radius 1 is 1.19 bits per heavy atom. The summed E-state index contributed by atoms with van der Waals surface area (Å²) in [5, 5.41) is 7.90. The number of rotatable bonds is 5. The minimum Gasteiger partial charge on any atom is -0.363 e. The summed E-state index contributed by atoms with van der Waals surface area (Å²) in [6.45, 7) is 6.04. The van der Waals surface area contributed by atoms with Crippen molar-refractivity contribution >= 4 is 5.82 Å². The van der Waals surface area contributed by atoms with E-state index in [9.17, 15) is 4.39 Å². The van der Waals surface area contributed by atoms with Crippen molar-refractivity contribution in [3.8, 4) is 0 Å². The van der Waals surface area contributed by atoms with Crippen molar-refractivity contribution in [1.82, 2.24) is 24.6 Å². The number of halogens is 1. The lowest BCUT2D eigenvalue weighted by atomic mass is 10.1. The van der Waals surface area contributed by atoms with E-state index in [-0.39, 0.29) is 5.82 Å². The summed E-state index contributed by atoms with van der Waals surface area (Å²) in [4.78, 5) is 10.6. The molecule has 1 N–H and O–H groups in total. The molecule has 0 atom stereocenters. The summed E-state index contributed by atoms with van der Waals surface area (Å²) in [7, 11) is 0. The standard InChI is InChI=1S/C19H21FN6/c1-14-8-16(20)3-2-15(14)12-25-6-7-26-18(13-25)9-17(24-26)10-23-19-11-21-4-5-22-19/h2-5,8-9,11H,6-7,10,12-13H2,1H3,(H,22,23). The van der Waals surface area contributed by atoms with Crippen molar-refractivity contribution in [3.05, 3.63) is 71.2 Å². The summed E-state index contributed by atoms with van der Waals surface area (Å²) in [5.41, 5.74) is 4.36. The molecule has 0 radical (unpaired) electrons. The van der Waals surface area contributed by atoms with Crippen LogP contribution >= 0.6 is 0 Å². The van der Waals surface area contributed by atoms with Gasteiger partial charge in [0.2, 0.25) is 0 Å². The molecule has 26 heavy (non-hydrogen) atoms. The fraction of sp³-hybridized carbons (Fsp3) is 0.316. The highest BCUT2D eigenvalue weighted by Gasteiger charge is 2.19. The third-order valence-electron chi connectivity index (χ3n) is 4.64. The number of aromatic nitrogens is 4. The van der Waals surface area contributed by atoms with E-state index < -0.39 is 0 Å². The van der Waals surface area contributed by atoms with E-state index in [4.69, 9.17) is 0 Å². The van der Waals surface area contributed by atoms with Crippen LogP contribution in [0.4, 0.5) is 10.2 Å². The van der Waals surface area contributed by atoms with Crippen LogP contribution in [0.3, 0.4) is 0 Å². The van der Waals surface area contributed by atoms with E-state index in [2.05, 4.69) is 36.0 Å². The minimum atomic E-state index is -0.178. The Bertz CT molecular complexity index is 892. The Hall–Kier alpha value is -2.80.